The van der Waals surface area contributed by atoms with Crippen molar-refractivity contribution in [3.63, 3.8) is 0 Å². The van der Waals surface area contributed by atoms with E-state index in [-0.39, 0.29) is 39.9 Å². The summed E-state index contributed by atoms with van der Waals surface area (Å²) in [5.41, 5.74) is 3.80. The summed E-state index contributed by atoms with van der Waals surface area (Å²) in [7, 11) is 0. The van der Waals surface area contributed by atoms with E-state index in [0.717, 1.165) is 11.1 Å². The molecule has 0 bridgehead atoms. The van der Waals surface area contributed by atoms with Gasteiger partial charge in [0.1, 0.15) is 40.6 Å². The second-order valence-electron chi connectivity index (χ2n) is 9.36. The third kappa shape index (κ3) is 5.11. The standard InChI is InChI=1S/C15H14O4.C15H14O3/c1-8-3-4-10-12(18-7-8)6-13-14(15(10)17)11(16)5-9(2)19-13;1-9(2)7-8-12-13(16)10-5-3-4-6-11(10)14(17)15(12)18/h3,5-6,17H,4,7H2,1-2H3;3-7,16H,8H2,1-2H3. The van der Waals surface area contributed by atoms with Gasteiger partial charge < -0.3 is 19.4 Å². The van der Waals surface area contributed by atoms with Gasteiger partial charge in [-0.1, -0.05) is 42.0 Å². The SMILES string of the molecule is CC(C)=CCC1=C(O)c2ccccc2C(=O)C1=O.CC1=CCc2c(cc3oc(C)cc(=O)c3c2O)OC1. The van der Waals surface area contributed by atoms with Crippen molar-refractivity contribution in [2.75, 3.05) is 6.61 Å². The highest BCUT2D eigenvalue weighted by Crippen LogP contribution is 2.37. The van der Waals surface area contributed by atoms with E-state index < -0.39 is 11.6 Å². The number of ketones is 2. The second kappa shape index (κ2) is 10.3. The Morgan fingerprint density at radius 1 is 1.00 bits per heavy atom. The van der Waals surface area contributed by atoms with Crippen LogP contribution in [0.5, 0.6) is 11.5 Å². The largest absolute Gasteiger partial charge is 0.507 e. The topological polar surface area (TPSA) is 114 Å². The van der Waals surface area contributed by atoms with E-state index in [9.17, 15) is 24.6 Å². The molecule has 0 unspecified atom stereocenters. The molecule has 2 aliphatic rings. The van der Waals surface area contributed by atoms with E-state index >= 15 is 0 Å². The van der Waals surface area contributed by atoms with Crippen LogP contribution in [0.2, 0.25) is 0 Å². The Labute approximate surface area is 214 Å². The predicted octanol–water partition coefficient (Wildman–Crippen LogP) is 5.77. The minimum absolute atomic E-state index is 0.0350. The van der Waals surface area contributed by atoms with Crippen LogP contribution in [0.4, 0.5) is 0 Å². The van der Waals surface area contributed by atoms with Crippen LogP contribution < -0.4 is 10.2 Å². The van der Waals surface area contributed by atoms with Crippen LogP contribution in [-0.2, 0) is 11.2 Å². The maximum atomic E-state index is 12.0. The quantitative estimate of drug-likeness (QED) is 0.339. The Morgan fingerprint density at radius 2 is 1.70 bits per heavy atom. The summed E-state index contributed by atoms with van der Waals surface area (Å²) >= 11 is 0. The maximum absolute atomic E-state index is 12.0. The highest BCUT2D eigenvalue weighted by Gasteiger charge is 2.31. The van der Waals surface area contributed by atoms with Gasteiger partial charge in [-0.15, -0.1) is 0 Å². The summed E-state index contributed by atoms with van der Waals surface area (Å²) in [5, 5.41) is 20.6. The number of aliphatic hydroxyl groups is 1. The fraction of sp³-hybridized carbons (Fsp3) is 0.233. The molecule has 0 saturated carbocycles. The number of allylic oxidation sites excluding steroid dienone is 4. The first-order chi connectivity index (χ1) is 17.6. The molecule has 190 valence electrons. The van der Waals surface area contributed by atoms with Crippen molar-refractivity contribution in [1.82, 2.24) is 0 Å². The molecule has 0 radical (unpaired) electrons. The minimum Gasteiger partial charge on any atom is -0.507 e. The molecule has 1 aliphatic carbocycles. The lowest BCUT2D eigenvalue weighted by Gasteiger charge is -2.16. The number of aromatic hydroxyl groups is 1. The fourth-order valence-electron chi connectivity index (χ4n) is 4.21. The summed E-state index contributed by atoms with van der Waals surface area (Å²) in [6.45, 7) is 7.96. The highest BCUT2D eigenvalue weighted by molar-refractivity contribution is 6.52. The number of phenolic OH excluding ortho intramolecular Hbond substituents is 1. The van der Waals surface area contributed by atoms with E-state index in [0.29, 0.717) is 41.2 Å². The molecule has 0 amide bonds. The third-order valence-corrected chi connectivity index (χ3v) is 6.20. The molecule has 7 nitrogen and oxygen atoms in total. The van der Waals surface area contributed by atoms with Gasteiger partial charge in [0, 0.05) is 34.4 Å². The summed E-state index contributed by atoms with van der Waals surface area (Å²) in [5.74, 6) is -0.171. The van der Waals surface area contributed by atoms with Crippen molar-refractivity contribution in [3.05, 3.63) is 97.9 Å². The Bertz CT molecular complexity index is 1580. The van der Waals surface area contributed by atoms with Gasteiger partial charge in [0.2, 0.25) is 11.6 Å². The first-order valence-electron chi connectivity index (χ1n) is 11.9. The number of aliphatic hydroxyl groups excluding tert-OH is 1. The molecule has 5 rings (SSSR count). The smallest absolute Gasteiger partial charge is 0.234 e. The average Bonchev–Trinajstić information content (AvgIpc) is 3.04. The van der Waals surface area contributed by atoms with Crippen molar-refractivity contribution >= 4 is 28.3 Å². The first kappa shape index (κ1) is 25.7. The number of benzene rings is 2. The van der Waals surface area contributed by atoms with Crippen molar-refractivity contribution in [2.45, 2.75) is 40.5 Å². The van der Waals surface area contributed by atoms with Crippen molar-refractivity contribution in [2.24, 2.45) is 0 Å². The number of rotatable bonds is 2. The Balaban J connectivity index is 0.000000173. The zero-order chi connectivity index (χ0) is 26.9. The second-order valence-corrected chi connectivity index (χ2v) is 9.36. The van der Waals surface area contributed by atoms with E-state index in [1.54, 1.807) is 37.3 Å². The molecule has 0 atom stereocenters. The zero-order valence-corrected chi connectivity index (χ0v) is 21.2. The van der Waals surface area contributed by atoms with Crippen LogP contribution in [-0.4, -0.2) is 28.4 Å². The maximum Gasteiger partial charge on any atom is 0.234 e. The number of Topliss-reactive ketones (excluding diaryl/α,β-unsaturated/α-hetero) is 2. The predicted molar refractivity (Wildman–Crippen MR) is 141 cm³/mol. The van der Waals surface area contributed by atoms with Gasteiger partial charge in [-0.05, 0) is 46.1 Å². The van der Waals surface area contributed by atoms with Crippen LogP contribution in [0.3, 0.4) is 0 Å². The number of ether oxygens (including phenoxy) is 1. The molecule has 3 aromatic rings. The van der Waals surface area contributed by atoms with E-state index in [4.69, 9.17) is 9.15 Å². The van der Waals surface area contributed by atoms with Crippen LogP contribution in [0.15, 0.2) is 74.5 Å². The molecule has 0 spiro atoms. The van der Waals surface area contributed by atoms with Gasteiger partial charge in [-0.3, -0.25) is 14.4 Å². The lowest BCUT2D eigenvalue weighted by Crippen LogP contribution is -2.23. The first-order valence-corrected chi connectivity index (χ1v) is 11.9. The number of carbonyl (C=O) groups excluding carboxylic acids is 2. The van der Waals surface area contributed by atoms with Crippen LogP contribution >= 0.6 is 0 Å². The molecule has 2 heterocycles. The molecular weight excluding hydrogens is 472 g/mol. The van der Waals surface area contributed by atoms with Crippen LogP contribution in [0, 0.1) is 6.92 Å². The highest BCUT2D eigenvalue weighted by atomic mass is 16.5. The Morgan fingerprint density at radius 3 is 2.41 bits per heavy atom. The third-order valence-electron chi connectivity index (χ3n) is 6.20. The molecule has 37 heavy (non-hydrogen) atoms. The number of hydrogen-bond donors (Lipinski definition) is 2. The summed E-state index contributed by atoms with van der Waals surface area (Å²) in [4.78, 5) is 35.8. The van der Waals surface area contributed by atoms with E-state index in [1.807, 2.05) is 32.9 Å². The molecule has 1 aliphatic heterocycles. The van der Waals surface area contributed by atoms with Crippen molar-refractivity contribution in [1.29, 1.82) is 0 Å². The zero-order valence-electron chi connectivity index (χ0n) is 21.2. The molecular formula is C30H28O7. The Kier molecular flexibility index (Phi) is 7.16. The summed E-state index contributed by atoms with van der Waals surface area (Å²) < 4.78 is 11.1. The minimum atomic E-state index is -0.608. The lowest BCUT2D eigenvalue weighted by molar-refractivity contribution is -0.112. The van der Waals surface area contributed by atoms with E-state index in [2.05, 4.69) is 0 Å². The molecule has 7 heteroatoms. The van der Waals surface area contributed by atoms with Gasteiger partial charge in [0.15, 0.2) is 5.43 Å². The molecule has 0 fully saturated rings. The fourth-order valence-corrected chi connectivity index (χ4v) is 4.21. The number of phenols is 1. The van der Waals surface area contributed by atoms with E-state index in [1.165, 1.54) is 6.07 Å². The van der Waals surface area contributed by atoms with Crippen LogP contribution in [0.25, 0.3) is 16.7 Å². The molecule has 2 N–H and O–H groups in total. The van der Waals surface area contributed by atoms with Crippen LogP contribution in [0.1, 0.15) is 54.4 Å². The van der Waals surface area contributed by atoms with Gasteiger partial charge >= 0.3 is 0 Å². The normalized spacial score (nSPS) is 14.5. The number of carbonyl (C=O) groups is 2. The summed E-state index contributed by atoms with van der Waals surface area (Å²) in [6, 6.07) is 9.69. The lowest BCUT2D eigenvalue weighted by atomic mass is 9.87. The van der Waals surface area contributed by atoms with Gasteiger partial charge in [0.25, 0.3) is 0 Å². The summed E-state index contributed by atoms with van der Waals surface area (Å²) in [6.07, 6.45) is 4.65. The number of hydrogen-bond acceptors (Lipinski definition) is 7. The Hall–Kier alpha value is -4.39. The van der Waals surface area contributed by atoms with Gasteiger partial charge in [0.05, 0.1) is 0 Å². The van der Waals surface area contributed by atoms with Gasteiger partial charge in [-0.2, -0.15) is 0 Å². The monoisotopic (exact) mass is 500 g/mol. The molecule has 1 aromatic heterocycles. The number of aryl methyl sites for hydroxylation is 1. The number of fused-ring (bicyclic) bond motifs is 3. The average molecular weight is 501 g/mol. The van der Waals surface area contributed by atoms with Crippen molar-refractivity contribution < 1.29 is 29.0 Å². The van der Waals surface area contributed by atoms with Crippen molar-refractivity contribution in [3.8, 4) is 11.5 Å². The van der Waals surface area contributed by atoms with Gasteiger partial charge in [-0.25, -0.2) is 0 Å². The molecule has 0 saturated heterocycles. The molecule has 2 aromatic carbocycles.